The first-order valence-corrected chi connectivity index (χ1v) is 9.57. The SMILES string of the molecule is CCN1C(=O)CC(c2ccc3ccccc3c2)c2c1ccc1ccccc21. The number of benzene rings is 4. The van der Waals surface area contributed by atoms with Crippen LogP contribution in [0.2, 0.25) is 0 Å². The normalized spacial score (nSPS) is 16.7. The lowest BCUT2D eigenvalue weighted by molar-refractivity contribution is -0.119. The van der Waals surface area contributed by atoms with Crippen molar-refractivity contribution in [1.29, 1.82) is 0 Å². The number of amides is 1. The molecule has 2 heteroatoms. The molecule has 27 heavy (non-hydrogen) atoms. The average Bonchev–Trinajstić information content (AvgIpc) is 2.72. The zero-order valence-electron chi connectivity index (χ0n) is 15.4. The van der Waals surface area contributed by atoms with Crippen molar-refractivity contribution >= 4 is 33.1 Å². The van der Waals surface area contributed by atoms with Crippen LogP contribution in [0.5, 0.6) is 0 Å². The summed E-state index contributed by atoms with van der Waals surface area (Å²) in [6, 6.07) is 27.8. The number of carbonyl (C=O) groups is 1. The van der Waals surface area contributed by atoms with E-state index in [0.717, 1.165) is 5.69 Å². The molecule has 1 amide bonds. The van der Waals surface area contributed by atoms with E-state index in [2.05, 4.69) is 78.9 Å². The third-order valence-corrected chi connectivity index (χ3v) is 5.76. The third-order valence-electron chi connectivity index (χ3n) is 5.76. The second kappa shape index (κ2) is 6.24. The zero-order valence-corrected chi connectivity index (χ0v) is 15.4. The fraction of sp³-hybridized carbons (Fsp3) is 0.160. The van der Waals surface area contributed by atoms with Gasteiger partial charge in [-0.15, -0.1) is 0 Å². The Morgan fingerprint density at radius 2 is 1.56 bits per heavy atom. The lowest BCUT2D eigenvalue weighted by Gasteiger charge is -2.35. The molecular weight excluding hydrogens is 330 g/mol. The van der Waals surface area contributed by atoms with Gasteiger partial charge in [0.05, 0.1) is 0 Å². The maximum Gasteiger partial charge on any atom is 0.227 e. The second-order valence-electron chi connectivity index (χ2n) is 7.22. The predicted molar refractivity (Wildman–Crippen MR) is 112 cm³/mol. The first-order valence-electron chi connectivity index (χ1n) is 9.57. The molecule has 1 aliphatic heterocycles. The van der Waals surface area contributed by atoms with E-state index >= 15 is 0 Å². The minimum Gasteiger partial charge on any atom is -0.312 e. The molecule has 5 rings (SSSR count). The monoisotopic (exact) mass is 351 g/mol. The lowest BCUT2D eigenvalue weighted by Crippen LogP contribution is -2.36. The van der Waals surface area contributed by atoms with Gasteiger partial charge in [-0.1, -0.05) is 72.8 Å². The van der Waals surface area contributed by atoms with E-state index in [0.29, 0.717) is 13.0 Å². The summed E-state index contributed by atoms with van der Waals surface area (Å²) in [5.41, 5.74) is 3.56. The molecule has 2 nitrogen and oxygen atoms in total. The Bertz CT molecular complexity index is 1180. The van der Waals surface area contributed by atoms with E-state index in [4.69, 9.17) is 0 Å². The smallest absolute Gasteiger partial charge is 0.227 e. The number of carbonyl (C=O) groups excluding carboxylic acids is 1. The van der Waals surface area contributed by atoms with Crippen LogP contribution in [-0.4, -0.2) is 12.5 Å². The number of rotatable bonds is 2. The minimum atomic E-state index is 0.0889. The first kappa shape index (κ1) is 16.1. The maximum atomic E-state index is 12.9. The standard InChI is InChI=1S/C25H21NO/c1-2-26-23-14-13-18-8-5-6-10-21(18)25(23)22(16-24(26)27)20-12-11-17-7-3-4-9-19(17)15-20/h3-15,22H,2,16H2,1H3. The van der Waals surface area contributed by atoms with Gasteiger partial charge in [0.2, 0.25) is 5.91 Å². The summed E-state index contributed by atoms with van der Waals surface area (Å²) in [5.74, 6) is 0.296. The average molecular weight is 351 g/mol. The van der Waals surface area contributed by atoms with Gasteiger partial charge in [0, 0.05) is 24.6 Å². The lowest BCUT2D eigenvalue weighted by atomic mass is 9.81. The van der Waals surface area contributed by atoms with Gasteiger partial charge in [-0.25, -0.2) is 0 Å². The van der Waals surface area contributed by atoms with E-state index in [1.165, 1.54) is 32.7 Å². The fourth-order valence-electron chi connectivity index (χ4n) is 4.46. The van der Waals surface area contributed by atoms with Gasteiger partial charge in [0.15, 0.2) is 0 Å². The van der Waals surface area contributed by atoms with E-state index in [9.17, 15) is 4.79 Å². The number of anilines is 1. The van der Waals surface area contributed by atoms with Crippen LogP contribution in [0.15, 0.2) is 78.9 Å². The molecule has 0 aromatic heterocycles. The molecule has 4 aromatic rings. The number of hydrogen-bond donors (Lipinski definition) is 0. The highest BCUT2D eigenvalue weighted by molar-refractivity contribution is 6.03. The molecular formula is C25H21NO. The molecule has 0 saturated carbocycles. The van der Waals surface area contributed by atoms with Crippen molar-refractivity contribution in [1.82, 2.24) is 0 Å². The summed E-state index contributed by atoms with van der Waals surface area (Å²) in [6.07, 6.45) is 0.521. The van der Waals surface area contributed by atoms with E-state index in [1.807, 2.05) is 11.8 Å². The van der Waals surface area contributed by atoms with E-state index in [-0.39, 0.29) is 11.8 Å². The van der Waals surface area contributed by atoms with Crippen molar-refractivity contribution in [2.45, 2.75) is 19.3 Å². The minimum absolute atomic E-state index is 0.0889. The molecule has 1 heterocycles. The quantitative estimate of drug-likeness (QED) is 0.441. The van der Waals surface area contributed by atoms with Crippen LogP contribution >= 0.6 is 0 Å². The molecule has 0 aliphatic carbocycles. The molecule has 0 fully saturated rings. The van der Waals surface area contributed by atoms with Crippen LogP contribution in [0.4, 0.5) is 5.69 Å². The largest absolute Gasteiger partial charge is 0.312 e. The van der Waals surface area contributed by atoms with E-state index < -0.39 is 0 Å². The first-order chi connectivity index (χ1) is 13.3. The summed E-state index contributed by atoms with van der Waals surface area (Å²) in [7, 11) is 0. The third kappa shape index (κ3) is 2.52. The zero-order chi connectivity index (χ0) is 18.4. The highest BCUT2D eigenvalue weighted by Gasteiger charge is 2.32. The Morgan fingerprint density at radius 1 is 0.852 bits per heavy atom. The summed E-state index contributed by atoms with van der Waals surface area (Å²) in [4.78, 5) is 14.8. The van der Waals surface area contributed by atoms with Crippen molar-refractivity contribution in [3.8, 4) is 0 Å². The van der Waals surface area contributed by atoms with Gasteiger partial charge in [-0.2, -0.15) is 0 Å². The molecule has 0 saturated heterocycles. The van der Waals surface area contributed by atoms with Crippen LogP contribution in [0.25, 0.3) is 21.5 Å². The topological polar surface area (TPSA) is 20.3 Å². The van der Waals surface area contributed by atoms with Crippen molar-refractivity contribution in [3.05, 3.63) is 90.0 Å². The molecule has 0 spiro atoms. The molecule has 1 unspecified atom stereocenters. The highest BCUT2D eigenvalue weighted by atomic mass is 16.2. The molecule has 0 bridgehead atoms. The molecule has 1 atom stereocenters. The maximum absolute atomic E-state index is 12.9. The van der Waals surface area contributed by atoms with Gasteiger partial charge < -0.3 is 4.90 Å². The Hall–Kier alpha value is -3.13. The van der Waals surface area contributed by atoms with Crippen LogP contribution in [-0.2, 0) is 4.79 Å². The van der Waals surface area contributed by atoms with Gasteiger partial charge in [0.25, 0.3) is 0 Å². The summed E-state index contributed by atoms with van der Waals surface area (Å²) in [6.45, 7) is 2.75. The summed E-state index contributed by atoms with van der Waals surface area (Å²) in [5, 5.41) is 4.94. The Balaban J connectivity index is 1.78. The van der Waals surface area contributed by atoms with Gasteiger partial charge in [-0.3, -0.25) is 4.79 Å². The predicted octanol–water partition coefficient (Wildman–Crippen LogP) is 5.88. The molecule has 4 aromatic carbocycles. The number of fused-ring (bicyclic) bond motifs is 4. The second-order valence-corrected chi connectivity index (χ2v) is 7.22. The van der Waals surface area contributed by atoms with Gasteiger partial charge in [-0.05, 0) is 45.7 Å². The Labute approximate surface area is 159 Å². The number of nitrogens with zero attached hydrogens (tertiary/aromatic N) is 1. The van der Waals surface area contributed by atoms with Crippen molar-refractivity contribution in [3.63, 3.8) is 0 Å². The van der Waals surface area contributed by atoms with Gasteiger partial charge >= 0.3 is 0 Å². The summed E-state index contributed by atoms with van der Waals surface area (Å²) < 4.78 is 0. The van der Waals surface area contributed by atoms with Crippen LogP contribution in [0.1, 0.15) is 30.4 Å². The van der Waals surface area contributed by atoms with Crippen LogP contribution in [0, 0.1) is 0 Å². The molecule has 1 aliphatic rings. The molecule has 132 valence electrons. The highest BCUT2D eigenvalue weighted by Crippen LogP contribution is 2.44. The number of hydrogen-bond acceptors (Lipinski definition) is 1. The molecule has 0 radical (unpaired) electrons. The van der Waals surface area contributed by atoms with Crippen LogP contribution in [0.3, 0.4) is 0 Å². The van der Waals surface area contributed by atoms with Crippen LogP contribution < -0.4 is 4.90 Å². The van der Waals surface area contributed by atoms with Crippen molar-refractivity contribution in [2.24, 2.45) is 0 Å². The van der Waals surface area contributed by atoms with Gasteiger partial charge in [0.1, 0.15) is 0 Å². The molecule has 0 N–H and O–H groups in total. The fourth-order valence-corrected chi connectivity index (χ4v) is 4.46. The van der Waals surface area contributed by atoms with E-state index in [1.54, 1.807) is 0 Å². The van der Waals surface area contributed by atoms with Crippen molar-refractivity contribution < 1.29 is 4.79 Å². The Kier molecular flexibility index (Phi) is 3.71. The summed E-state index contributed by atoms with van der Waals surface area (Å²) >= 11 is 0. The van der Waals surface area contributed by atoms with Crippen molar-refractivity contribution in [2.75, 3.05) is 11.4 Å². The Morgan fingerprint density at radius 3 is 2.37 bits per heavy atom.